The summed E-state index contributed by atoms with van der Waals surface area (Å²) in [6.45, 7) is 12.1. The molecule has 5 heteroatoms. The van der Waals surface area contributed by atoms with Crippen molar-refractivity contribution >= 4 is 5.91 Å². The number of H-pyrrole nitrogens is 1. The van der Waals surface area contributed by atoms with E-state index in [1.54, 1.807) is 0 Å². The number of rotatable bonds is 5. The normalized spacial score (nSPS) is 14.9. The Kier molecular flexibility index (Phi) is 5.34. The first-order valence-electron chi connectivity index (χ1n) is 7.09. The van der Waals surface area contributed by atoms with Gasteiger partial charge in [0, 0.05) is 18.7 Å². The van der Waals surface area contributed by atoms with Gasteiger partial charge in [0.25, 0.3) is 0 Å². The van der Waals surface area contributed by atoms with Gasteiger partial charge < -0.3 is 10.4 Å². The van der Waals surface area contributed by atoms with E-state index in [2.05, 4.69) is 15.5 Å². The van der Waals surface area contributed by atoms with Gasteiger partial charge in [-0.1, -0.05) is 27.7 Å². The summed E-state index contributed by atoms with van der Waals surface area (Å²) >= 11 is 0. The number of aliphatic hydroxyl groups excluding tert-OH is 1. The first-order chi connectivity index (χ1) is 9.12. The van der Waals surface area contributed by atoms with E-state index < -0.39 is 6.10 Å². The van der Waals surface area contributed by atoms with Gasteiger partial charge in [-0.3, -0.25) is 9.89 Å². The summed E-state index contributed by atoms with van der Waals surface area (Å²) in [6, 6.07) is 0. The topological polar surface area (TPSA) is 78.0 Å². The van der Waals surface area contributed by atoms with Gasteiger partial charge in [-0.2, -0.15) is 5.10 Å². The molecule has 0 bridgehead atoms. The third-order valence-electron chi connectivity index (χ3n) is 3.66. The van der Waals surface area contributed by atoms with Gasteiger partial charge in [0.1, 0.15) is 0 Å². The van der Waals surface area contributed by atoms with E-state index in [0.29, 0.717) is 13.0 Å². The standard InChI is InChI=1S/C15H27N3O2/c1-9(14-10(2)17-18-11(14)3)7-13(20)16-8-12(19)15(4,5)6/h9,12,19H,7-8H2,1-6H3,(H,16,20)(H,17,18). The monoisotopic (exact) mass is 281 g/mol. The Balaban J connectivity index is 2.51. The number of aromatic amines is 1. The van der Waals surface area contributed by atoms with Crippen LogP contribution < -0.4 is 5.32 Å². The van der Waals surface area contributed by atoms with Crippen LogP contribution in [0.25, 0.3) is 0 Å². The molecule has 20 heavy (non-hydrogen) atoms. The predicted octanol–water partition coefficient (Wildman–Crippen LogP) is 2.04. The van der Waals surface area contributed by atoms with Crippen molar-refractivity contribution in [2.24, 2.45) is 5.41 Å². The van der Waals surface area contributed by atoms with Gasteiger partial charge in [0.2, 0.25) is 5.91 Å². The number of nitrogens with one attached hydrogen (secondary N) is 2. The molecule has 3 N–H and O–H groups in total. The molecule has 5 nitrogen and oxygen atoms in total. The van der Waals surface area contributed by atoms with Gasteiger partial charge in [-0.25, -0.2) is 0 Å². The van der Waals surface area contributed by atoms with Crippen molar-refractivity contribution in [3.8, 4) is 0 Å². The molecule has 0 aromatic carbocycles. The summed E-state index contributed by atoms with van der Waals surface area (Å²) in [4.78, 5) is 11.9. The highest BCUT2D eigenvalue weighted by Gasteiger charge is 2.23. The molecule has 1 aromatic rings. The Hall–Kier alpha value is -1.36. The van der Waals surface area contributed by atoms with Gasteiger partial charge in [0.05, 0.1) is 11.8 Å². The molecule has 114 valence electrons. The minimum Gasteiger partial charge on any atom is -0.391 e. The van der Waals surface area contributed by atoms with Crippen molar-refractivity contribution in [1.29, 1.82) is 0 Å². The average molecular weight is 281 g/mol. The quantitative estimate of drug-likeness (QED) is 0.773. The molecule has 2 unspecified atom stereocenters. The lowest BCUT2D eigenvalue weighted by atomic mass is 9.89. The minimum atomic E-state index is -0.542. The first-order valence-corrected chi connectivity index (χ1v) is 7.09. The summed E-state index contributed by atoms with van der Waals surface area (Å²) < 4.78 is 0. The van der Waals surface area contributed by atoms with E-state index in [0.717, 1.165) is 17.0 Å². The number of aromatic nitrogens is 2. The molecule has 0 spiro atoms. The maximum atomic E-state index is 11.9. The van der Waals surface area contributed by atoms with Crippen molar-refractivity contribution in [3.05, 3.63) is 17.0 Å². The number of amides is 1. The van der Waals surface area contributed by atoms with E-state index in [-0.39, 0.29) is 17.2 Å². The third-order valence-corrected chi connectivity index (χ3v) is 3.66. The van der Waals surface area contributed by atoms with Gasteiger partial charge in [0.15, 0.2) is 0 Å². The molecular weight excluding hydrogens is 254 g/mol. The van der Waals surface area contributed by atoms with E-state index in [4.69, 9.17) is 0 Å². The van der Waals surface area contributed by atoms with Crippen LogP contribution in [-0.2, 0) is 4.79 Å². The largest absolute Gasteiger partial charge is 0.391 e. The highest BCUT2D eigenvalue weighted by atomic mass is 16.3. The molecule has 0 radical (unpaired) electrons. The Morgan fingerprint density at radius 2 is 2.00 bits per heavy atom. The Morgan fingerprint density at radius 1 is 1.40 bits per heavy atom. The first kappa shape index (κ1) is 16.7. The molecule has 0 aliphatic carbocycles. The van der Waals surface area contributed by atoms with Crippen LogP contribution in [0.1, 0.15) is 57.0 Å². The van der Waals surface area contributed by atoms with Crippen molar-refractivity contribution in [3.63, 3.8) is 0 Å². The van der Waals surface area contributed by atoms with Gasteiger partial charge in [-0.15, -0.1) is 0 Å². The molecule has 0 aliphatic rings. The van der Waals surface area contributed by atoms with Gasteiger partial charge >= 0.3 is 0 Å². The molecule has 1 heterocycles. The van der Waals surface area contributed by atoms with Crippen LogP contribution in [0.3, 0.4) is 0 Å². The molecule has 1 rings (SSSR count). The second-order valence-corrected chi connectivity index (χ2v) is 6.64. The smallest absolute Gasteiger partial charge is 0.220 e. The summed E-state index contributed by atoms with van der Waals surface area (Å²) in [7, 11) is 0. The van der Waals surface area contributed by atoms with E-state index in [9.17, 15) is 9.90 Å². The van der Waals surface area contributed by atoms with Crippen molar-refractivity contribution in [1.82, 2.24) is 15.5 Å². The molecule has 0 aliphatic heterocycles. The second kappa shape index (κ2) is 6.39. The molecule has 0 saturated heterocycles. The molecular formula is C15H27N3O2. The zero-order chi connectivity index (χ0) is 15.5. The lowest BCUT2D eigenvalue weighted by Gasteiger charge is -2.26. The van der Waals surface area contributed by atoms with Crippen molar-refractivity contribution < 1.29 is 9.90 Å². The van der Waals surface area contributed by atoms with Crippen LogP contribution in [0.2, 0.25) is 0 Å². The fourth-order valence-corrected chi connectivity index (χ4v) is 2.25. The average Bonchev–Trinajstić information content (AvgIpc) is 2.64. The Bertz CT molecular complexity index is 441. The molecule has 0 saturated carbocycles. The second-order valence-electron chi connectivity index (χ2n) is 6.64. The summed E-state index contributed by atoms with van der Waals surface area (Å²) in [6.07, 6.45) is -0.142. The Labute approximate surface area is 121 Å². The van der Waals surface area contributed by atoms with Crippen molar-refractivity contribution in [2.45, 2.75) is 60.0 Å². The van der Waals surface area contributed by atoms with E-state index in [1.165, 1.54) is 0 Å². The van der Waals surface area contributed by atoms with Crippen LogP contribution in [0, 0.1) is 19.3 Å². The van der Waals surface area contributed by atoms with Crippen LogP contribution in [0.5, 0.6) is 0 Å². The molecule has 0 fully saturated rings. The number of aliphatic hydroxyl groups is 1. The number of hydrogen-bond donors (Lipinski definition) is 3. The minimum absolute atomic E-state index is 0.0409. The zero-order valence-electron chi connectivity index (χ0n) is 13.4. The summed E-state index contributed by atoms with van der Waals surface area (Å²) in [5.74, 6) is 0.0707. The number of aryl methyl sites for hydroxylation is 2. The van der Waals surface area contributed by atoms with Crippen LogP contribution >= 0.6 is 0 Å². The number of carbonyl (C=O) groups excluding carboxylic acids is 1. The highest BCUT2D eigenvalue weighted by molar-refractivity contribution is 5.76. The summed E-state index contributed by atoms with van der Waals surface area (Å²) in [5, 5.41) is 19.8. The number of nitrogens with zero attached hydrogens (tertiary/aromatic N) is 1. The highest BCUT2D eigenvalue weighted by Crippen LogP contribution is 2.24. The maximum absolute atomic E-state index is 11.9. The van der Waals surface area contributed by atoms with Crippen LogP contribution in [0.15, 0.2) is 0 Å². The predicted molar refractivity (Wildman–Crippen MR) is 79.6 cm³/mol. The van der Waals surface area contributed by atoms with E-state index in [1.807, 2.05) is 41.5 Å². The Morgan fingerprint density at radius 3 is 2.45 bits per heavy atom. The fraction of sp³-hybridized carbons (Fsp3) is 0.733. The lowest BCUT2D eigenvalue weighted by molar-refractivity contribution is -0.122. The molecule has 2 atom stereocenters. The summed E-state index contributed by atoms with van der Waals surface area (Å²) in [5.41, 5.74) is 2.84. The third kappa shape index (κ3) is 4.34. The SMILES string of the molecule is Cc1n[nH]c(C)c1C(C)CC(=O)NCC(O)C(C)(C)C. The zero-order valence-corrected chi connectivity index (χ0v) is 13.4. The fourth-order valence-electron chi connectivity index (χ4n) is 2.25. The van der Waals surface area contributed by atoms with Crippen LogP contribution in [-0.4, -0.2) is 33.9 Å². The number of carbonyl (C=O) groups is 1. The molecule has 1 amide bonds. The molecule has 1 aromatic heterocycles. The van der Waals surface area contributed by atoms with Crippen LogP contribution in [0.4, 0.5) is 0 Å². The maximum Gasteiger partial charge on any atom is 0.220 e. The van der Waals surface area contributed by atoms with Crippen molar-refractivity contribution in [2.75, 3.05) is 6.54 Å². The van der Waals surface area contributed by atoms with E-state index >= 15 is 0 Å². The number of hydrogen-bond acceptors (Lipinski definition) is 3. The van der Waals surface area contributed by atoms with Gasteiger partial charge in [-0.05, 0) is 30.7 Å². The lowest BCUT2D eigenvalue weighted by Crippen LogP contribution is -2.39.